The number of nitrogens with zero attached hydrogens (tertiary/aromatic N) is 3. The number of ether oxygens (including phenoxy) is 1. The molecule has 9 heteroatoms. The van der Waals surface area contributed by atoms with E-state index in [0.717, 1.165) is 35.2 Å². The van der Waals surface area contributed by atoms with Crippen LogP contribution in [0, 0.1) is 0 Å². The van der Waals surface area contributed by atoms with Crippen LogP contribution in [0.2, 0.25) is 5.02 Å². The number of H-pyrrole nitrogens is 1. The van der Waals surface area contributed by atoms with Gasteiger partial charge in [-0.2, -0.15) is 5.10 Å². The summed E-state index contributed by atoms with van der Waals surface area (Å²) in [5.41, 5.74) is 3.71. The van der Waals surface area contributed by atoms with Gasteiger partial charge in [-0.25, -0.2) is 4.79 Å². The Morgan fingerprint density at radius 3 is 2.76 bits per heavy atom. The number of piperidine rings is 1. The van der Waals surface area contributed by atoms with E-state index in [9.17, 15) is 4.79 Å². The van der Waals surface area contributed by atoms with Gasteiger partial charge in [0.1, 0.15) is 5.75 Å². The van der Waals surface area contributed by atoms with E-state index in [1.165, 1.54) is 0 Å². The minimum absolute atomic E-state index is 0.0159. The average Bonchev–Trinajstić information content (AvgIpc) is 3.35. The Kier molecular flexibility index (Phi) is 6.22. The molecule has 0 unspecified atom stereocenters. The van der Waals surface area contributed by atoms with Crippen molar-refractivity contribution in [2.75, 3.05) is 30.4 Å². The molecule has 5 rings (SSSR count). The molecule has 1 aliphatic heterocycles. The van der Waals surface area contributed by atoms with Crippen molar-refractivity contribution in [1.82, 2.24) is 20.5 Å². The summed E-state index contributed by atoms with van der Waals surface area (Å²) in [6.45, 7) is 1.50. The third-order valence-electron chi connectivity index (χ3n) is 6.21. The van der Waals surface area contributed by atoms with Gasteiger partial charge >= 0.3 is 6.03 Å². The monoisotopic (exact) mass is 476 g/mol. The number of nitrogens with one attached hydrogen (secondary N) is 3. The van der Waals surface area contributed by atoms with Crippen molar-refractivity contribution in [1.29, 1.82) is 0 Å². The lowest BCUT2D eigenvalue weighted by atomic mass is 9.88. The molecule has 0 bridgehead atoms. The first-order chi connectivity index (χ1) is 16.6. The van der Waals surface area contributed by atoms with Gasteiger partial charge in [-0.3, -0.25) is 10.1 Å². The molecule has 0 radical (unpaired) electrons. The Balaban J connectivity index is 1.38. The number of methoxy groups -OCH3 is 1. The Hall–Kier alpha value is -3.78. The largest absolute Gasteiger partial charge is 0.495 e. The predicted molar refractivity (Wildman–Crippen MR) is 134 cm³/mol. The van der Waals surface area contributed by atoms with Gasteiger partial charge < -0.3 is 20.3 Å². The van der Waals surface area contributed by atoms with E-state index in [-0.39, 0.29) is 18.0 Å². The van der Waals surface area contributed by atoms with Crippen molar-refractivity contribution in [3.05, 3.63) is 77.7 Å². The first kappa shape index (κ1) is 22.0. The number of pyridine rings is 1. The first-order valence-corrected chi connectivity index (χ1v) is 11.5. The number of halogens is 1. The molecule has 1 fully saturated rings. The van der Waals surface area contributed by atoms with Crippen LogP contribution in [0.1, 0.15) is 18.0 Å². The summed E-state index contributed by atoms with van der Waals surface area (Å²) in [4.78, 5) is 19.8. The number of hydrogen-bond acceptors (Lipinski definition) is 5. The number of fused-ring (bicyclic) bond motifs is 1. The molecule has 0 aliphatic carbocycles. The maximum Gasteiger partial charge on any atom is 0.319 e. The Bertz CT molecular complexity index is 1270. The zero-order valence-corrected chi connectivity index (χ0v) is 19.4. The highest BCUT2D eigenvalue weighted by Gasteiger charge is 2.33. The van der Waals surface area contributed by atoms with Crippen LogP contribution in [-0.4, -0.2) is 47.5 Å². The molecule has 1 aliphatic rings. The zero-order chi connectivity index (χ0) is 23.5. The summed E-state index contributed by atoms with van der Waals surface area (Å²) in [5, 5.41) is 15.0. The number of rotatable bonds is 5. The molecule has 3 N–H and O–H groups in total. The molecule has 4 aromatic rings. The number of urea groups is 1. The van der Waals surface area contributed by atoms with E-state index >= 15 is 0 Å². The normalized spacial score (nSPS) is 18.0. The van der Waals surface area contributed by atoms with Crippen LogP contribution in [0.5, 0.6) is 5.75 Å². The van der Waals surface area contributed by atoms with Crippen molar-refractivity contribution in [2.24, 2.45) is 0 Å². The molecule has 0 spiro atoms. The minimum Gasteiger partial charge on any atom is -0.495 e. The van der Waals surface area contributed by atoms with Gasteiger partial charge in [-0.05, 0) is 55.0 Å². The SMILES string of the molecule is COc1ccc([C@@H]2CN(c3cccc4[nH]ncc34)CC[C@H]2NC(=O)Nc2ccc(Cl)cc2)nc1. The van der Waals surface area contributed by atoms with Crippen LogP contribution in [0.15, 0.2) is 67.0 Å². The van der Waals surface area contributed by atoms with Gasteiger partial charge in [0.05, 0.1) is 25.0 Å². The summed E-state index contributed by atoms with van der Waals surface area (Å²) in [7, 11) is 1.62. The van der Waals surface area contributed by atoms with Crippen LogP contribution in [0.25, 0.3) is 10.9 Å². The second-order valence-corrected chi connectivity index (χ2v) is 8.72. The standard InChI is InChI=1S/C25H25ClN6O2/c1-34-18-9-10-21(27-13-18)20-15-32(24-4-2-3-23-19(24)14-28-31-23)12-11-22(20)30-25(33)29-17-7-5-16(26)6-8-17/h2-10,13-14,20,22H,11-12,15H2,1H3,(H,28,31)(H2,29,30,33)/t20-,22+/m0/s1. The molecule has 34 heavy (non-hydrogen) atoms. The van der Waals surface area contributed by atoms with Crippen LogP contribution >= 0.6 is 11.6 Å². The molecular formula is C25H25ClN6O2. The Morgan fingerprint density at radius 2 is 2.00 bits per heavy atom. The smallest absolute Gasteiger partial charge is 0.319 e. The van der Waals surface area contributed by atoms with Crippen LogP contribution in [-0.2, 0) is 0 Å². The number of hydrogen-bond donors (Lipinski definition) is 3. The maximum atomic E-state index is 12.8. The number of anilines is 2. The highest BCUT2D eigenvalue weighted by Crippen LogP contribution is 2.33. The summed E-state index contributed by atoms with van der Waals surface area (Å²) in [6, 6.07) is 16.7. The molecule has 2 amide bonds. The van der Waals surface area contributed by atoms with Crippen LogP contribution < -0.4 is 20.3 Å². The van der Waals surface area contributed by atoms with Gasteiger partial charge in [0, 0.05) is 52.5 Å². The van der Waals surface area contributed by atoms with Crippen molar-refractivity contribution < 1.29 is 9.53 Å². The second-order valence-electron chi connectivity index (χ2n) is 8.28. The molecule has 3 heterocycles. The first-order valence-electron chi connectivity index (χ1n) is 11.1. The van der Waals surface area contributed by atoms with Crippen molar-refractivity contribution in [3.8, 4) is 5.75 Å². The van der Waals surface area contributed by atoms with E-state index in [0.29, 0.717) is 23.0 Å². The fourth-order valence-corrected chi connectivity index (χ4v) is 4.60. The van der Waals surface area contributed by atoms with Gasteiger partial charge in [0.25, 0.3) is 0 Å². The molecule has 1 saturated heterocycles. The quantitative estimate of drug-likeness (QED) is 0.384. The van der Waals surface area contributed by atoms with Crippen molar-refractivity contribution in [2.45, 2.75) is 18.4 Å². The summed E-state index contributed by atoms with van der Waals surface area (Å²) >= 11 is 5.95. The van der Waals surface area contributed by atoms with E-state index < -0.39 is 0 Å². The molecule has 8 nitrogen and oxygen atoms in total. The van der Waals surface area contributed by atoms with Gasteiger partial charge in [-0.15, -0.1) is 0 Å². The van der Waals surface area contributed by atoms with Crippen molar-refractivity contribution >= 4 is 39.9 Å². The molecular weight excluding hydrogens is 452 g/mol. The van der Waals surface area contributed by atoms with Gasteiger partial charge in [0.15, 0.2) is 0 Å². The van der Waals surface area contributed by atoms with Crippen molar-refractivity contribution in [3.63, 3.8) is 0 Å². The average molecular weight is 477 g/mol. The maximum absolute atomic E-state index is 12.8. The fourth-order valence-electron chi connectivity index (χ4n) is 4.47. The lowest BCUT2D eigenvalue weighted by Crippen LogP contribution is -2.51. The summed E-state index contributed by atoms with van der Waals surface area (Å²) in [5.74, 6) is 0.683. The molecule has 2 atom stereocenters. The third-order valence-corrected chi connectivity index (χ3v) is 6.46. The van der Waals surface area contributed by atoms with Gasteiger partial charge in [-0.1, -0.05) is 17.7 Å². The van der Waals surface area contributed by atoms with Gasteiger partial charge in [0.2, 0.25) is 0 Å². The third kappa shape index (κ3) is 4.63. The number of aromatic amines is 1. The van der Waals surface area contributed by atoms with Crippen LogP contribution in [0.4, 0.5) is 16.2 Å². The number of amides is 2. The highest BCUT2D eigenvalue weighted by molar-refractivity contribution is 6.30. The van der Waals surface area contributed by atoms with E-state index in [4.69, 9.17) is 16.3 Å². The summed E-state index contributed by atoms with van der Waals surface area (Å²) < 4.78 is 5.28. The molecule has 2 aromatic heterocycles. The number of carbonyl (C=O) groups excluding carboxylic acids is 1. The lowest BCUT2D eigenvalue weighted by molar-refractivity contribution is 0.243. The highest BCUT2D eigenvalue weighted by atomic mass is 35.5. The molecule has 174 valence electrons. The van der Waals surface area contributed by atoms with Crippen LogP contribution in [0.3, 0.4) is 0 Å². The number of benzene rings is 2. The topological polar surface area (TPSA) is 95.2 Å². The number of aromatic nitrogens is 3. The van der Waals surface area contributed by atoms with E-state index in [1.807, 2.05) is 30.5 Å². The number of carbonyl (C=O) groups is 1. The second kappa shape index (κ2) is 9.61. The lowest BCUT2D eigenvalue weighted by Gasteiger charge is -2.40. The minimum atomic E-state index is -0.253. The fraction of sp³-hybridized carbons (Fsp3) is 0.240. The Labute approximate surface area is 202 Å². The predicted octanol–water partition coefficient (Wildman–Crippen LogP) is 4.80. The van der Waals surface area contributed by atoms with E-state index in [2.05, 4.69) is 36.8 Å². The Morgan fingerprint density at radius 1 is 1.15 bits per heavy atom. The summed E-state index contributed by atoms with van der Waals surface area (Å²) in [6.07, 6.45) is 4.34. The molecule has 0 saturated carbocycles. The van der Waals surface area contributed by atoms with E-state index in [1.54, 1.807) is 37.6 Å². The molecule has 2 aromatic carbocycles. The zero-order valence-electron chi connectivity index (χ0n) is 18.7.